The van der Waals surface area contributed by atoms with E-state index in [1.165, 1.54) is 0 Å². The molecule has 0 spiro atoms. The van der Waals surface area contributed by atoms with Crippen LogP contribution in [0.25, 0.3) is 0 Å². The SMILES string of the molecule is C/C=C/[C@@]1(O)C[C@H]2C=C[C@@H]1[C@@H]2C. The molecule has 1 N–H and O–H groups in total. The number of rotatable bonds is 1. The van der Waals surface area contributed by atoms with Crippen molar-refractivity contribution in [3.05, 3.63) is 24.3 Å². The van der Waals surface area contributed by atoms with Crippen LogP contribution in [0.4, 0.5) is 0 Å². The zero-order chi connectivity index (χ0) is 8.77. The maximum Gasteiger partial charge on any atom is 0.0898 e. The third kappa shape index (κ3) is 0.893. The van der Waals surface area contributed by atoms with E-state index < -0.39 is 5.60 Å². The van der Waals surface area contributed by atoms with Crippen LogP contribution >= 0.6 is 0 Å². The lowest BCUT2D eigenvalue weighted by Gasteiger charge is -2.26. The fraction of sp³-hybridized carbons (Fsp3) is 0.636. The molecule has 1 heteroatoms. The highest BCUT2D eigenvalue weighted by Crippen LogP contribution is 2.50. The highest BCUT2D eigenvalue weighted by atomic mass is 16.3. The monoisotopic (exact) mass is 164 g/mol. The van der Waals surface area contributed by atoms with Crippen molar-refractivity contribution in [1.29, 1.82) is 0 Å². The first kappa shape index (κ1) is 8.06. The second-order valence-electron chi connectivity index (χ2n) is 4.13. The maximum atomic E-state index is 10.2. The number of hydrogen-bond donors (Lipinski definition) is 1. The predicted molar refractivity (Wildman–Crippen MR) is 49.7 cm³/mol. The fourth-order valence-electron chi connectivity index (χ4n) is 2.74. The standard InChI is InChI=1S/C11H16O/c1-3-6-11(12)7-9-4-5-10(11)8(9)2/h3-6,8-10,12H,7H2,1-2H3/b6-3+/t8-,9-,10-,11-/m1/s1. The third-order valence-electron chi connectivity index (χ3n) is 3.40. The van der Waals surface area contributed by atoms with E-state index in [0.29, 0.717) is 17.8 Å². The summed E-state index contributed by atoms with van der Waals surface area (Å²) in [5, 5.41) is 10.2. The zero-order valence-electron chi connectivity index (χ0n) is 7.70. The highest BCUT2D eigenvalue weighted by Gasteiger charge is 2.50. The molecule has 0 radical (unpaired) electrons. The molecule has 0 unspecified atom stereocenters. The van der Waals surface area contributed by atoms with Crippen molar-refractivity contribution < 1.29 is 5.11 Å². The summed E-state index contributed by atoms with van der Waals surface area (Å²) in [5.74, 6) is 1.60. The van der Waals surface area contributed by atoms with E-state index in [4.69, 9.17) is 0 Å². The summed E-state index contributed by atoms with van der Waals surface area (Å²) in [6.07, 6.45) is 9.27. The van der Waals surface area contributed by atoms with Crippen molar-refractivity contribution in [1.82, 2.24) is 0 Å². The van der Waals surface area contributed by atoms with Gasteiger partial charge in [-0.1, -0.05) is 31.2 Å². The Labute approximate surface area is 73.8 Å². The van der Waals surface area contributed by atoms with E-state index in [9.17, 15) is 5.11 Å². The normalized spacial score (nSPS) is 51.1. The maximum absolute atomic E-state index is 10.2. The highest BCUT2D eigenvalue weighted by molar-refractivity contribution is 5.24. The first-order valence-electron chi connectivity index (χ1n) is 4.72. The Kier molecular flexibility index (Phi) is 1.65. The predicted octanol–water partition coefficient (Wildman–Crippen LogP) is 2.14. The average Bonchev–Trinajstić information content (AvgIpc) is 2.44. The number of allylic oxidation sites excluding steroid dienone is 2. The Hall–Kier alpha value is -0.560. The van der Waals surface area contributed by atoms with Crippen LogP contribution in [0, 0.1) is 17.8 Å². The number of fused-ring (bicyclic) bond motifs is 2. The van der Waals surface area contributed by atoms with E-state index in [2.05, 4.69) is 19.1 Å². The van der Waals surface area contributed by atoms with Gasteiger partial charge in [-0.25, -0.2) is 0 Å². The van der Waals surface area contributed by atoms with Crippen LogP contribution < -0.4 is 0 Å². The second kappa shape index (κ2) is 2.46. The van der Waals surface area contributed by atoms with Gasteiger partial charge in [-0.2, -0.15) is 0 Å². The van der Waals surface area contributed by atoms with Gasteiger partial charge in [-0.05, 0) is 25.2 Å². The van der Waals surface area contributed by atoms with Crippen molar-refractivity contribution >= 4 is 0 Å². The lowest BCUT2D eigenvalue weighted by molar-refractivity contribution is 0.0592. The van der Waals surface area contributed by atoms with Crippen molar-refractivity contribution in [2.75, 3.05) is 0 Å². The molecule has 0 aromatic heterocycles. The van der Waals surface area contributed by atoms with Crippen molar-refractivity contribution in [3.63, 3.8) is 0 Å². The van der Waals surface area contributed by atoms with Crippen LogP contribution in [0.15, 0.2) is 24.3 Å². The Balaban J connectivity index is 2.28. The zero-order valence-corrected chi connectivity index (χ0v) is 7.70. The van der Waals surface area contributed by atoms with Gasteiger partial charge in [0.15, 0.2) is 0 Å². The largest absolute Gasteiger partial charge is 0.385 e. The van der Waals surface area contributed by atoms with Crippen molar-refractivity contribution in [2.45, 2.75) is 25.9 Å². The summed E-state index contributed by atoms with van der Waals surface area (Å²) < 4.78 is 0. The van der Waals surface area contributed by atoms with E-state index in [1.807, 2.05) is 19.1 Å². The molecule has 0 aliphatic heterocycles. The second-order valence-corrected chi connectivity index (χ2v) is 4.13. The smallest absolute Gasteiger partial charge is 0.0898 e. The van der Waals surface area contributed by atoms with Crippen LogP contribution in [0.5, 0.6) is 0 Å². The Bertz CT molecular complexity index is 241. The molecular weight excluding hydrogens is 148 g/mol. The van der Waals surface area contributed by atoms with Crippen LogP contribution in [0.3, 0.4) is 0 Å². The van der Waals surface area contributed by atoms with Gasteiger partial charge in [0, 0.05) is 5.92 Å². The van der Waals surface area contributed by atoms with Crippen LogP contribution in [0.1, 0.15) is 20.3 Å². The van der Waals surface area contributed by atoms with Crippen LogP contribution in [0.2, 0.25) is 0 Å². The van der Waals surface area contributed by atoms with Gasteiger partial charge in [-0.3, -0.25) is 0 Å². The number of aliphatic hydroxyl groups is 1. The topological polar surface area (TPSA) is 20.2 Å². The Morgan fingerprint density at radius 2 is 2.25 bits per heavy atom. The summed E-state index contributed by atoms with van der Waals surface area (Å²) >= 11 is 0. The van der Waals surface area contributed by atoms with Gasteiger partial charge in [0.05, 0.1) is 5.60 Å². The minimum atomic E-state index is -0.534. The van der Waals surface area contributed by atoms with E-state index in [1.54, 1.807) is 0 Å². The molecule has 2 aliphatic carbocycles. The molecule has 66 valence electrons. The van der Waals surface area contributed by atoms with Gasteiger partial charge < -0.3 is 5.11 Å². The Morgan fingerprint density at radius 3 is 2.67 bits per heavy atom. The van der Waals surface area contributed by atoms with Gasteiger partial charge in [-0.15, -0.1) is 0 Å². The summed E-state index contributed by atoms with van der Waals surface area (Å²) in [5.41, 5.74) is -0.534. The fourth-order valence-corrected chi connectivity index (χ4v) is 2.74. The molecule has 2 rings (SSSR count). The molecule has 1 saturated carbocycles. The van der Waals surface area contributed by atoms with Crippen molar-refractivity contribution in [3.8, 4) is 0 Å². The lowest BCUT2D eigenvalue weighted by atomic mass is 9.86. The molecule has 0 amide bonds. The molecule has 4 atom stereocenters. The van der Waals surface area contributed by atoms with Gasteiger partial charge >= 0.3 is 0 Å². The molecule has 0 saturated heterocycles. The summed E-state index contributed by atoms with van der Waals surface area (Å²) in [7, 11) is 0. The minimum Gasteiger partial charge on any atom is -0.385 e. The lowest BCUT2D eigenvalue weighted by Crippen LogP contribution is -2.31. The van der Waals surface area contributed by atoms with Gasteiger partial charge in [0.25, 0.3) is 0 Å². The average molecular weight is 164 g/mol. The van der Waals surface area contributed by atoms with E-state index in [0.717, 1.165) is 6.42 Å². The summed E-state index contributed by atoms with van der Waals surface area (Å²) in [4.78, 5) is 0. The molecule has 0 aromatic carbocycles. The molecule has 1 fully saturated rings. The minimum absolute atomic E-state index is 0.360. The molecular formula is C11H16O. The number of hydrogen-bond acceptors (Lipinski definition) is 1. The first-order chi connectivity index (χ1) is 5.67. The molecule has 2 bridgehead atoms. The quantitative estimate of drug-likeness (QED) is 0.589. The summed E-state index contributed by atoms with van der Waals surface area (Å²) in [6.45, 7) is 4.20. The van der Waals surface area contributed by atoms with E-state index >= 15 is 0 Å². The molecule has 0 heterocycles. The first-order valence-corrected chi connectivity index (χ1v) is 4.72. The van der Waals surface area contributed by atoms with Crippen molar-refractivity contribution in [2.24, 2.45) is 17.8 Å². The molecule has 2 aliphatic rings. The van der Waals surface area contributed by atoms with Gasteiger partial charge in [0.1, 0.15) is 0 Å². The van der Waals surface area contributed by atoms with Crippen LogP contribution in [-0.4, -0.2) is 10.7 Å². The molecule has 0 aromatic rings. The van der Waals surface area contributed by atoms with E-state index in [-0.39, 0.29) is 0 Å². The van der Waals surface area contributed by atoms with Crippen LogP contribution in [-0.2, 0) is 0 Å². The molecule has 1 nitrogen and oxygen atoms in total. The third-order valence-corrected chi connectivity index (χ3v) is 3.40. The van der Waals surface area contributed by atoms with Gasteiger partial charge in [0.2, 0.25) is 0 Å². The molecule has 12 heavy (non-hydrogen) atoms. The Morgan fingerprint density at radius 1 is 1.50 bits per heavy atom. The summed E-state index contributed by atoms with van der Waals surface area (Å²) in [6, 6.07) is 0.